The van der Waals surface area contributed by atoms with Crippen LogP contribution in [0.1, 0.15) is 26.3 Å². The summed E-state index contributed by atoms with van der Waals surface area (Å²) in [5.41, 5.74) is 0.0301. The van der Waals surface area contributed by atoms with E-state index in [1.54, 1.807) is 39.8 Å². The monoisotopic (exact) mass is 427 g/mol. The maximum atomic E-state index is 12.6. The number of hydrogen-bond donors (Lipinski definition) is 0. The summed E-state index contributed by atoms with van der Waals surface area (Å²) in [7, 11) is 1.35. The average molecular weight is 427 g/mol. The van der Waals surface area contributed by atoms with Crippen LogP contribution in [0, 0.1) is 6.92 Å². The molecule has 0 bridgehead atoms. The van der Waals surface area contributed by atoms with Crippen LogP contribution in [0.4, 0.5) is 13.2 Å². The summed E-state index contributed by atoms with van der Waals surface area (Å²) in [6, 6.07) is 5.80. The Bertz CT molecular complexity index is 974. The highest BCUT2D eigenvalue weighted by atomic mass is 19.4. The minimum absolute atomic E-state index is 0.0412. The third-order valence-electron chi connectivity index (χ3n) is 3.85. The summed E-state index contributed by atoms with van der Waals surface area (Å²) in [5, 5.41) is 0. The zero-order chi connectivity index (χ0) is 22.7. The third-order valence-corrected chi connectivity index (χ3v) is 3.85. The second kappa shape index (κ2) is 8.81. The molecule has 0 spiro atoms. The number of halogens is 3. The van der Waals surface area contributed by atoms with Crippen molar-refractivity contribution in [3.63, 3.8) is 0 Å². The van der Waals surface area contributed by atoms with Crippen molar-refractivity contribution in [2.75, 3.05) is 13.7 Å². The zero-order valence-electron chi connectivity index (χ0n) is 17.4. The zero-order valence-corrected chi connectivity index (χ0v) is 17.4. The summed E-state index contributed by atoms with van der Waals surface area (Å²) in [6.07, 6.45) is -3.19. The summed E-state index contributed by atoms with van der Waals surface area (Å²) in [5.74, 6) is -0.453. The third kappa shape index (κ3) is 6.53. The predicted octanol–water partition coefficient (Wildman–Crippen LogP) is 4.12. The van der Waals surface area contributed by atoms with Crippen LogP contribution in [0.3, 0.4) is 0 Å². The van der Waals surface area contributed by atoms with Gasteiger partial charge in [-0.05, 0) is 39.8 Å². The predicted molar refractivity (Wildman–Crippen MR) is 105 cm³/mol. The molecule has 1 aromatic carbocycles. The fourth-order valence-electron chi connectivity index (χ4n) is 2.70. The maximum absolute atomic E-state index is 12.6. The number of esters is 1. The highest BCUT2D eigenvalue weighted by Crippen LogP contribution is 2.36. The Hall–Kier alpha value is -2.97. The molecule has 0 N–H and O–H groups in total. The number of aromatic nitrogens is 1. The van der Waals surface area contributed by atoms with Crippen LogP contribution >= 0.6 is 0 Å². The second-order valence-electron chi connectivity index (χ2n) is 7.71. The summed E-state index contributed by atoms with van der Waals surface area (Å²) in [6.45, 7) is 5.07. The van der Waals surface area contributed by atoms with E-state index in [1.807, 2.05) is 0 Å². The van der Waals surface area contributed by atoms with E-state index in [1.165, 1.54) is 25.4 Å². The lowest BCUT2D eigenvalue weighted by Crippen LogP contribution is -2.30. The van der Waals surface area contributed by atoms with Crippen LogP contribution in [0.5, 0.6) is 11.5 Å². The first-order valence-corrected chi connectivity index (χ1v) is 9.10. The summed E-state index contributed by atoms with van der Waals surface area (Å²) >= 11 is 0. The molecular formula is C21H24F3NO5. The largest absolute Gasteiger partial charge is 0.495 e. The molecule has 164 valence electrons. The van der Waals surface area contributed by atoms with Gasteiger partial charge in [0, 0.05) is 17.2 Å². The van der Waals surface area contributed by atoms with Crippen molar-refractivity contribution in [1.29, 1.82) is 0 Å². The SMILES string of the molecule is COc1cn(CC(=O)OC(C)(C)C)c(=O)cc1-c1cc(C)ccc1OCC(F)(F)F. The molecule has 0 saturated heterocycles. The molecule has 0 fully saturated rings. The quantitative estimate of drug-likeness (QED) is 0.649. The van der Waals surface area contributed by atoms with Crippen molar-refractivity contribution < 1.29 is 32.2 Å². The van der Waals surface area contributed by atoms with Crippen LogP contribution < -0.4 is 15.0 Å². The van der Waals surface area contributed by atoms with Gasteiger partial charge in [0.15, 0.2) is 6.61 Å². The average Bonchev–Trinajstić information content (AvgIpc) is 2.59. The van der Waals surface area contributed by atoms with Crippen molar-refractivity contribution >= 4 is 5.97 Å². The van der Waals surface area contributed by atoms with Gasteiger partial charge in [0.05, 0.1) is 13.3 Å². The standard InChI is InChI=1S/C21H24F3NO5/c1-13-6-7-16(29-12-21(22,23)24)14(8-13)15-9-18(26)25(10-17(15)28-5)11-19(27)30-20(2,3)4/h6-10H,11-12H2,1-5H3. The van der Waals surface area contributed by atoms with Crippen LogP contribution in [0.25, 0.3) is 11.1 Å². The molecule has 0 aliphatic carbocycles. The van der Waals surface area contributed by atoms with Gasteiger partial charge in [0.25, 0.3) is 5.56 Å². The smallest absolute Gasteiger partial charge is 0.422 e. The number of pyridine rings is 1. The highest BCUT2D eigenvalue weighted by molar-refractivity contribution is 5.76. The molecule has 6 nitrogen and oxygen atoms in total. The van der Waals surface area contributed by atoms with Crippen LogP contribution in [0.2, 0.25) is 0 Å². The van der Waals surface area contributed by atoms with E-state index in [0.717, 1.165) is 10.1 Å². The number of aryl methyl sites for hydroxylation is 1. The van der Waals surface area contributed by atoms with E-state index in [0.29, 0.717) is 0 Å². The lowest BCUT2D eigenvalue weighted by Gasteiger charge is -2.20. The van der Waals surface area contributed by atoms with Gasteiger partial charge in [-0.1, -0.05) is 11.6 Å². The van der Waals surface area contributed by atoms with Gasteiger partial charge >= 0.3 is 12.1 Å². The molecule has 1 aromatic heterocycles. The van der Waals surface area contributed by atoms with Gasteiger partial charge in [-0.3, -0.25) is 9.59 Å². The number of ether oxygens (including phenoxy) is 3. The van der Waals surface area contributed by atoms with E-state index < -0.39 is 29.9 Å². The topological polar surface area (TPSA) is 66.8 Å². The molecule has 0 aliphatic rings. The number of benzene rings is 1. The number of methoxy groups -OCH3 is 1. The van der Waals surface area contributed by atoms with Crippen molar-refractivity contribution in [3.05, 3.63) is 46.4 Å². The Kier molecular flexibility index (Phi) is 6.84. The van der Waals surface area contributed by atoms with E-state index in [-0.39, 0.29) is 29.2 Å². The number of carbonyl (C=O) groups excluding carboxylic acids is 1. The van der Waals surface area contributed by atoms with Crippen LogP contribution in [-0.4, -0.2) is 36.0 Å². The molecule has 0 atom stereocenters. The fraction of sp³-hybridized carbons (Fsp3) is 0.429. The molecule has 30 heavy (non-hydrogen) atoms. The van der Waals surface area contributed by atoms with E-state index in [9.17, 15) is 22.8 Å². The maximum Gasteiger partial charge on any atom is 0.422 e. The summed E-state index contributed by atoms with van der Waals surface area (Å²) < 4.78 is 54.4. The molecular weight excluding hydrogens is 403 g/mol. The van der Waals surface area contributed by atoms with Crippen LogP contribution in [0.15, 0.2) is 35.3 Å². The molecule has 1 heterocycles. The lowest BCUT2D eigenvalue weighted by atomic mass is 10.0. The molecule has 2 rings (SSSR count). The number of carbonyl (C=O) groups is 1. The van der Waals surface area contributed by atoms with Gasteiger partial charge in [0.1, 0.15) is 23.6 Å². The molecule has 0 amide bonds. The molecule has 0 radical (unpaired) electrons. The Balaban J connectivity index is 2.46. The van der Waals surface area contributed by atoms with Gasteiger partial charge in [0.2, 0.25) is 0 Å². The van der Waals surface area contributed by atoms with Crippen molar-refractivity contribution in [2.24, 2.45) is 0 Å². The minimum Gasteiger partial charge on any atom is -0.495 e. The normalized spacial score (nSPS) is 11.9. The lowest BCUT2D eigenvalue weighted by molar-refractivity contribution is -0.155. The fourth-order valence-corrected chi connectivity index (χ4v) is 2.70. The van der Waals surface area contributed by atoms with Crippen LogP contribution in [-0.2, 0) is 16.1 Å². The summed E-state index contributed by atoms with van der Waals surface area (Å²) in [4.78, 5) is 24.6. The van der Waals surface area contributed by atoms with Crippen molar-refractivity contribution in [3.8, 4) is 22.6 Å². The number of nitrogens with zero attached hydrogens (tertiary/aromatic N) is 1. The van der Waals surface area contributed by atoms with Gasteiger partial charge < -0.3 is 18.8 Å². The second-order valence-corrected chi connectivity index (χ2v) is 7.71. The molecule has 2 aromatic rings. The molecule has 9 heteroatoms. The first-order chi connectivity index (χ1) is 13.8. The van der Waals surface area contributed by atoms with E-state index >= 15 is 0 Å². The van der Waals surface area contributed by atoms with Crippen molar-refractivity contribution in [2.45, 2.75) is 46.0 Å². The van der Waals surface area contributed by atoms with Crippen molar-refractivity contribution in [1.82, 2.24) is 4.57 Å². The van der Waals surface area contributed by atoms with Gasteiger partial charge in [-0.15, -0.1) is 0 Å². The Morgan fingerprint density at radius 3 is 2.27 bits per heavy atom. The molecule has 0 aliphatic heterocycles. The number of rotatable bonds is 6. The molecule has 0 saturated carbocycles. The minimum atomic E-state index is -4.51. The highest BCUT2D eigenvalue weighted by Gasteiger charge is 2.29. The Morgan fingerprint density at radius 1 is 1.07 bits per heavy atom. The Morgan fingerprint density at radius 2 is 1.70 bits per heavy atom. The number of alkyl halides is 3. The first-order valence-electron chi connectivity index (χ1n) is 9.10. The van der Waals surface area contributed by atoms with E-state index in [4.69, 9.17) is 14.2 Å². The molecule has 0 unspecified atom stereocenters. The first kappa shape index (κ1) is 23.3. The van der Waals surface area contributed by atoms with Gasteiger partial charge in [-0.25, -0.2) is 0 Å². The Labute approximate surface area is 172 Å². The van der Waals surface area contributed by atoms with E-state index in [2.05, 4.69) is 0 Å². The number of hydrogen-bond acceptors (Lipinski definition) is 5. The van der Waals surface area contributed by atoms with Gasteiger partial charge in [-0.2, -0.15) is 13.2 Å².